The van der Waals surface area contributed by atoms with Gasteiger partial charge in [0.15, 0.2) is 0 Å². The zero-order valence-electron chi connectivity index (χ0n) is 21.8. The third kappa shape index (κ3) is 6.10. The van der Waals surface area contributed by atoms with Crippen molar-refractivity contribution in [2.24, 2.45) is 5.73 Å². The molecule has 7 N–H and O–H groups in total. The molecule has 0 spiro atoms. The Balaban J connectivity index is 1.25. The summed E-state index contributed by atoms with van der Waals surface area (Å²) in [7, 11) is 0. The number of hydrogen-bond acceptors (Lipinski definition) is 4. The molecule has 1 heterocycles. The lowest BCUT2D eigenvalue weighted by Gasteiger charge is -2.19. The molecule has 0 saturated carbocycles. The highest BCUT2D eigenvalue weighted by Crippen LogP contribution is 2.37. The summed E-state index contributed by atoms with van der Waals surface area (Å²) in [5, 5.41) is 12.3. The van der Waals surface area contributed by atoms with Crippen LogP contribution >= 0.6 is 0 Å². The standard InChI is InChI=1S/C30H32N6O3/c1-18-13-21-16-22(9-11-26(21)33-18)34-29(38)27(7-4-12-32-28(37)17-31)36-30(39)35-23-8-10-25-20(15-23)14-19-5-2-3-6-24(19)25/h2-3,5-6,8-11,13,15-16,27,33H,4,7,12,14,17,31H2,1H3,(H,32,37)(H,34,38)(H2,35,36,39)/t27-/m0/s1. The number of rotatable bonds is 9. The van der Waals surface area contributed by atoms with E-state index in [1.807, 2.05) is 61.5 Å². The number of urea groups is 1. The number of aromatic amines is 1. The van der Waals surface area contributed by atoms with E-state index < -0.39 is 12.1 Å². The van der Waals surface area contributed by atoms with Gasteiger partial charge in [0, 0.05) is 34.5 Å². The van der Waals surface area contributed by atoms with Gasteiger partial charge in [-0.3, -0.25) is 9.59 Å². The fraction of sp³-hybridized carbons (Fsp3) is 0.233. The van der Waals surface area contributed by atoms with E-state index in [0.717, 1.165) is 28.6 Å². The number of amides is 4. The summed E-state index contributed by atoms with van der Waals surface area (Å²) >= 11 is 0. The Labute approximate surface area is 226 Å². The second-order valence-corrected chi connectivity index (χ2v) is 9.80. The lowest BCUT2D eigenvalue weighted by Crippen LogP contribution is -2.46. The Morgan fingerprint density at radius 2 is 1.69 bits per heavy atom. The molecule has 0 unspecified atom stereocenters. The molecular formula is C30H32N6O3. The quantitative estimate of drug-likeness (QED) is 0.162. The molecule has 0 aliphatic heterocycles. The number of fused-ring (bicyclic) bond motifs is 4. The SMILES string of the molecule is Cc1cc2cc(NC(=O)[C@H](CCCNC(=O)CN)NC(=O)Nc3ccc4c(c3)Cc3ccccc3-4)ccc2[nH]1. The van der Waals surface area contributed by atoms with Gasteiger partial charge in [0.1, 0.15) is 6.04 Å². The highest BCUT2D eigenvalue weighted by Gasteiger charge is 2.22. The van der Waals surface area contributed by atoms with E-state index in [2.05, 4.69) is 38.4 Å². The normalized spacial score (nSPS) is 12.4. The molecule has 4 amide bonds. The number of nitrogens with one attached hydrogen (secondary N) is 5. The number of nitrogens with two attached hydrogens (primary N) is 1. The van der Waals surface area contributed by atoms with Crippen LogP contribution in [0.25, 0.3) is 22.0 Å². The summed E-state index contributed by atoms with van der Waals surface area (Å²) in [6.07, 6.45) is 1.62. The maximum absolute atomic E-state index is 13.2. The number of H-pyrrole nitrogens is 1. The van der Waals surface area contributed by atoms with Crippen LogP contribution in [0.5, 0.6) is 0 Å². The summed E-state index contributed by atoms with van der Waals surface area (Å²) < 4.78 is 0. The Bertz CT molecular complexity index is 1540. The zero-order chi connectivity index (χ0) is 27.4. The van der Waals surface area contributed by atoms with Crippen LogP contribution < -0.4 is 27.0 Å². The van der Waals surface area contributed by atoms with E-state index >= 15 is 0 Å². The first kappa shape index (κ1) is 26.0. The van der Waals surface area contributed by atoms with Crippen LogP contribution in [-0.4, -0.2) is 42.0 Å². The molecular weight excluding hydrogens is 492 g/mol. The van der Waals surface area contributed by atoms with Crippen molar-refractivity contribution in [3.8, 4) is 11.1 Å². The van der Waals surface area contributed by atoms with Crippen molar-refractivity contribution >= 4 is 40.1 Å². The van der Waals surface area contributed by atoms with Crippen molar-refractivity contribution in [3.63, 3.8) is 0 Å². The first-order valence-corrected chi connectivity index (χ1v) is 13.1. The molecule has 9 heteroatoms. The second-order valence-electron chi connectivity index (χ2n) is 9.80. The molecule has 1 aliphatic carbocycles. The molecule has 1 atom stereocenters. The molecule has 5 rings (SSSR count). The molecule has 9 nitrogen and oxygen atoms in total. The minimum Gasteiger partial charge on any atom is -0.359 e. The average Bonchev–Trinajstić information content (AvgIpc) is 3.48. The third-order valence-corrected chi connectivity index (χ3v) is 6.87. The fourth-order valence-electron chi connectivity index (χ4n) is 5.01. The number of benzene rings is 3. The van der Waals surface area contributed by atoms with Gasteiger partial charge in [0.05, 0.1) is 6.54 Å². The van der Waals surface area contributed by atoms with E-state index in [9.17, 15) is 14.4 Å². The first-order valence-electron chi connectivity index (χ1n) is 13.1. The third-order valence-electron chi connectivity index (χ3n) is 6.87. The van der Waals surface area contributed by atoms with E-state index in [0.29, 0.717) is 30.8 Å². The molecule has 200 valence electrons. The van der Waals surface area contributed by atoms with Gasteiger partial charge >= 0.3 is 6.03 Å². The predicted octanol–water partition coefficient (Wildman–Crippen LogP) is 4.03. The van der Waals surface area contributed by atoms with E-state index in [1.165, 1.54) is 16.7 Å². The fourth-order valence-corrected chi connectivity index (χ4v) is 5.01. The molecule has 1 aliphatic rings. The van der Waals surface area contributed by atoms with Crippen LogP contribution in [0.1, 0.15) is 29.7 Å². The van der Waals surface area contributed by atoms with E-state index in [4.69, 9.17) is 5.73 Å². The minimum absolute atomic E-state index is 0.0997. The monoisotopic (exact) mass is 524 g/mol. The number of carbonyl (C=O) groups excluding carboxylic acids is 3. The summed E-state index contributed by atoms with van der Waals surface area (Å²) in [6, 6.07) is 20.4. The van der Waals surface area contributed by atoms with Crippen molar-refractivity contribution < 1.29 is 14.4 Å². The van der Waals surface area contributed by atoms with Gasteiger partial charge in [-0.2, -0.15) is 0 Å². The van der Waals surface area contributed by atoms with Gasteiger partial charge in [-0.25, -0.2) is 4.79 Å². The highest BCUT2D eigenvalue weighted by atomic mass is 16.2. The van der Waals surface area contributed by atoms with Gasteiger partial charge in [-0.05, 0) is 84.8 Å². The maximum Gasteiger partial charge on any atom is 0.319 e. The van der Waals surface area contributed by atoms with Crippen LogP contribution in [0, 0.1) is 6.92 Å². The van der Waals surface area contributed by atoms with Gasteiger partial charge in [0.25, 0.3) is 0 Å². The number of anilines is 2. The van der Waals surface area contributed by atoms with Crippen molar-refractivity contribution in [3.05, 3.63) is 83.6 Å². The smallest absolute Gasteiger partial charge is 0.319 e. The van der Waals surface area contributed by atoms with Crippen molar-refractivity contribution in [1.29, 1.82) is 0 Å². The Kier molecular flexibility index (Phi) is 7.60. The summed E-state index contributed by atoms with van der Waals surface area (Å²) in [6.45, 7) is 2.22. The van der Waals surface area contributed by atoms with Crippen LogP contribution in [-0.2, 0) is 16.0 Å². The summed E-state index contributed by atoms with van der Waals surface area (Å²) in [5.74, 6) is -0.609. The van der Waals surface area contributed by atoms with Crippen LogP contribution in [0.15, 0.2) is 66.7 Å². The largest absolute Gasteiger partial charge is 0.359 e. The summed E-state index contributed by atoms with van der Waals surface area (Å²) in [4.78, 5) is 40.9. The van der Waals surface area contributed by atoms with Crippen molar-refractivity contribution in [1.82, 2.24) is 15.6 Å². The molecule has 39 heavy (non-hydrogen) atoms. The van der Waals surface area contributed by atoms with Gasteiger partial charge in [-0.15, -0.1) is 0 Å². The number of hydrogen-bond donors (Lipinski definition) is 6. The molecule has 0 fully saturated rings. The van der Waals surface area contributed by atoms with Gasteiger partial charge < -0.3 is 32.0 Å². The van der Waals surface area contributed by atoms with E-state index in [-0.39, 0.29) is 18.4 Å². The number of aryl methyl sites for hydroxylation is 1. The van der Waals surface area contributed by atoms with Gasteiger partial charge in [-0.1, -0.05) is 30.3 Å². The molecule has 4 aromatic rings. The molecule has 0 bridgehead atoms. The Morgan fingerprint density at radius 1 is 0.923 bits per heavy atom. The molecule has 0 radical (unpaired) electrons. The molecule has 1 aromatic heterocycles. The van der Waals surface area contributed by atoms with Crippen LogP contribution in [0.3, 0.4) is 0 Å². The molecule has 0 saturated heterocycles. The van der Waals surface area contributed by atoms with Crippen molar-refractivity contribution in [2.45, 2.75) is 32.2 Å². The van der Waals surface area contributed by atoms with Gasteiger partial charge in [0.2, 0.25) is 11.8 Å². The lowest BCUT2D eigenvalue weighted by atomic mass is 10.1. The lowest BCUT2D eigenvalue weighted by molar-refractivity contribution is -0.119. The summed E-state index contributed by atoms with van der Waals surface area (Å²) in [5.41, 5.74) is 13.4. The Morgan fingerprint density at radius 3 is 2.54 bits per heavy atom. The van der Waals surface area contributed by atoms with Crippen molar-refractivity contribution in [2.75, 3.05) is 23.7 Å². The number of aromatic nitrogens is 1. The van der Waals surface area contributed by atoms with Crippen LogP contribution in [0.2, 0.25) is 0 Å². The average molecular weight is 525 g/mol. The molecule has 3 aromatic carbocycles. The second kappa shape index (κ2) is 11.4. The highest BCUT2D eigenvalue weighted by molar-refractivity contribution is 6.00. The minimum atomic E-state index is -0.817. The zero-order valence-corrected chi connectivity index (χ0v) is 21.8. The topological polar surface area (TPSA) is 141 Å². The van der Waals surface area contributed by atoms with E-state index in [1.54, 1.807) is 0 Å². The number of carbonyl (C=O) groups is 3. The predicted molar refractivity (Wildman–Crippen MR) is 154 cm³/mol. The maximum atomic E-state index is 13.2. The Hall–Kier alpha value is -4.63. The first-order chi connectivity index (χ1) is 18.9. The van der Waals surface area contributed by atoms with Crippen LogP contribution in [0.4, 0.5) is 16.2 Å².